The number of carbonyl (C=O) groups excluding carboxylic acids is 1. The van der Waals surface area contributed by atoms with Crippen LogP contribution in [-0.4, -0.2) is 45.4 Å². The van der Waals surface area contributed by atoms with Gasteiger partial charge in [0.15, 0.2) is 16.5 Å². The Morgan fingerprint density at radius 2 is 1.70 bits per heavy atom. The summed E-state index contributed by atoms with van der Waals surface area (Å²) >= 11 is 0. The van der Waals surface area contributed by atoms with Gasteiger partial charge in [0.2, 0.25) is 21.5 Å². The number of anilines is 1. The average Bonchev–Trinajstić information content (AvgIpc) is 2.79. The Morgan fingerprint density at radius 1 is 1.03 bits per heavy atom. The molecule has 0 fully saturated rings. The largest absolute Gasteiger partial charge is 0.493 e. The number of hydrogen-bond acceptors (Lipinski definition) is 8. The molecule has 12 heteroatoms. The molecule has 0 spiro atoms. The first-order valence-corrected chi connectivity index (χ1v) is 10.9. The summed E-state index contributed by atoms with van der Waals surface area (Å²) in [4.78, 5) is 24.4. The van der Waals surface area contributed by atoms with Crippen molar-refractivity contribution in [1.82, 2.24) is 9.78 Å². The summed E-state index contributed by atoms with van der Waals surface area (Å²) in [6, 6.07) is 9.31. The zero-order valence-electron chi connectivity index (χ0n) is 17.9. The summed E-state index contributed by atoms with van der Waals surface area (Å²) < 4.78 is 55.3. The maximum Gasteiger partial charge on any atom is 0.267 e. The number of benzene rings is 2. The van der Waals surface area contributed by atoms with Gasteiger partial charge in [-0.2, -0.15) is 5.10 Å². The highest BCUT2D eigenvalue weighted by molar-refractivity contribution is 7.91. The van der Waals surface area contributed by atoms with Crippen LogP contribution in [0.5, 0.6) is 17.2 Å². The fourth-order valence-electron chi connectivity index (χ4n) is 2.93. The molecule has 174 valence electrons. The normalized spacial score (nSPS) is 11.0. The van der Waals surface area contributed by atoms with Gasteiger partial charge in [-0.15, -0.1) is 0 Å². The van der Waals surface area contributed by atoms with Crippen molar-refractivity contribution in [3.8, 4) is 17.2 Å². The van der Waals surface area contributed by atoms with E-state index in [9.17, 15) is 22.4 Å². The fourth-order valence-corrected chi connectivity index (χ4v) is 4.15. The molecule has 33 heavy (non-hydrogen) atoms. The minimum absolute atomic E-state index is 0.283. The lowest BCUT2D eigenvalue weighted by atomic mass is 10.2. The highest BCUT2D eigenvalue weighted by Crippen LogP contribution is 2.39. The number of hydrogen-bond donors (Lipinski definition) is 1. The van der Waals surface area contributed by atoms with Crippen molar-refractivity contribution in [2.75, 3.05) is 26.6 Å². The van der Waals surface area contributed by atoms with Crippen LogP contribution in [0.15, 0.2) is 63.2 Å². The summed E-state index contributed by atoms with van der Waals surface area (Å²) in [5.41, 5.74) is -0.417. The van der Waals surface area contributed by atoms with Crippen LogP contribution in [-0.2, 0) is 21.2 Å². The van der Waals surface area contributed by atoms with E-state index in [1.165, 1.54) is 45.6 Å². The number of aromatic nitrogens is 2. The Balaban J connectivity index is 1.87. The number of ether oxygens (including phenoxy) is 3. The second-order valence-corrected chi connectivity index (χ2v) is 8.49. The first kappa shape index (κ1) is 23.7. The molecule has 0 aliphatic rings. The monoisotopic (exact) mass is 477 g/mol. The smallest absolute Gasteiger partial charge is 0.267 e. The van der Waals surface area contributed by atoms with Crippen LogP contribution in [0.1, 0.15) is 0 Å². The number of rotatable bonds is 8. The topological polar surface area (TPSA) is 126 Å². The van der Waals surface area contributed by atoms with Crippen molar-refractivity contribution < 1.29 is 31.8 Å². The van der Waals surface area contributed by atoms with Gasteiger partial charge in [0.05, 0.1) is 26.2 Å². The van der Waals surface area contributed by atoms with Crippen molar-refractivity contribution in [3.05, 3.63) is 64.7 Å². The molecule has 3 rings (SSSR count). The molecular weight excluding hydrogens is 457 g/mol. The predicted octanol–water partition coefficient (Wildman–Crippen LogP) is 1.88. The van der Waals surface area contributed by atoms with E-state index in [0.29, 0.717) is 21.9 Å². The van der Waals surface area contributed by atoms with Crippen molar-refractivity contribution in [1.29, 1.82) is 0 Å². The standard InChI is InChI=1S/C21H20FN3O7S/c1-30-16-10-14(11-17(31-2)21(16)32-3)23-18(26)12-25-20(27)8-7-19(24-25)33(28,29)15-6-4-5-13(22)9-15/h4-11H,12H2,1-3H3,(H,23,26). The molecule has 0 aliphatic heterocycles. The molecule has 0 aliphatic carbocycles. The summed E-state index contributed by atoms with van der Waals surface area (Å²) in [7, 11) is 0.0487. The molecule has 3 aromatic rings. The lowest BCUT2D eigenvalue weighted by Crippen LogP contribution is -2.30. The number of sulfone groups is 1. The first-order valence-electron chi connectivity index (χ1n) is 9.38. The zero-order valence-corrected chi connectivity index (χ0v) is 18.7. The molecule has 0 atom stereocenters. The third-order valence-electron chi connectivity index (χ3n) is 4.47. The number of nitrogens with zero attached hydrogens (tertiary/aromatic N) is 2. The Bertz CT molecular complexity index is 1330. The molecule has 0 saturated heterocycles. The average molecular weight is 477 g/mol. The Labute approximate surface area is 188 Å². The molecule has 0 bridgehead atoms. The van der Waals surface area contributed by atoms with E-state index in [2.05, 4.69) is 10.4 Å². The molecule has 1 amide bonds. The van der Waals surface area contributed by atoms with E-state index in [4.69, 9.17) is 14.2 Å². The van der Waals surface area contributed by atoms with Gasteiger partial charge in [-0.3, -0.25) is 9.59 Å². The third kappa shape index (κ3) is 5.12. The highest BCUT2D eigenvalue weighted by atomic mass is 32.2. The molecule has 0 radical (unpaired) electrons. The van der Waals surface area contributed by atoms with Crippen molar-refractivity contribution in [3.63, 3.8) is 0 Å². The van der Waals surface area contributed by atoms with Crippen LogP contribution in [0, 0.1) is 5.82 Å². The Hall–Kier alpha value is -3.93. The molecular formula is C21H20FN3O7S. The molecule has 10 nitrogen and oxygen atoms in total. The van der Waals surface area contributed by atoms with Gasteiger partial charge in [-0.25, -0.2) is 17.5 Å². The van der Waals surface area contributed by atoms with Gasteiger partial charge in [0, 0.05) is 23.9 Å². The van der Waals surface area contributed by atoms with Crippen LogP contribution in [0.2, 0.25) is 0 Å². The molecule has 0 unspecified atom stereocenters. The summed E-state index contributed by atoms with van der Waals surface area (Å²) in [6.07, 6.45) is 0. The fraction of sp³-hybridized carbons (Fsp3) is 0.190. The van der Waals surface area contributed by atoms with Gasteiger partial charge in [0.25, 0.3) is 5.56 Å². The van der Waals surface area contributed by atoms with Crippen LogP contribution < -0.4 is 25.1 Å². The molecule has 2 aromatic carbocycles. The van der Waals surface area contributed by atoms with E-state index in [1.807, 2.05) is 0 Å². The maximum absolute atomic E-state index is 13.5. The van der Waals surface area contributed by atoms with Gasteiger partial charge in [-0.05, 0) is 24.3 Å². The van der Waals surface area contributed by atoms with E-state index in [1.54, 1.807) is 0 Å². The first-order chi connectivity index (χ1) is 15.7. The quantitative estimate of drug-likeness (QED) is 0.521. The third-order valence-corrected chi connectivity index (χ3v) is 6.11. The molecule has 1 heterocycles. The summed E-state index contributed by atoms with van der Waals surface area (Å²) in [5, 5.41) is 5.85. The van der Waals surface area contributed by atoms with Crippen LogP contribution in [0.4, 0.5) is 10.1 Å². The maximum atomic E-state index is 13.5. The number of methoxy groups -OCH3 is 3. The van der Waals surface area contributed by atoms with Crippen molar-refractivity contribution >= 4 is 21.4 Å². The van der Waals surface area contributed by atoms with E-state index in [-0.39, 0.29) is 10.6 Å². The minimum atomic E-state index is -4.21. The molecule has 0 saturated carbocycles. The van der Waals surface area contributed by atoms with Gasteiger partial charge in [0.1, 0.15) is 12.4 Å². The highest BCUT2D eigenvalue weighted by Gasteiger charge is 2.22. The second kappa shape index (κ2) is 9.69. The SMILES string of the molecule is COc1cc(NC(=O)Cn2nc(S(=O)(=O)c3cccc(F)c3)ccc2=O)cc(OC)c1OC. The lowest BCUT2D eigenvalue weighted by molar-refractivity contribution is -0.117. The lowest BCUT2D eigenvalue weighted by Gasteiger charge is -2.15. The van der Waals surface area contributed by atoms with Crippen molar-refractivity contribution in [2.45, 2.75) is 16.5 Å². The van der Waals surface area contributed by atoms with E-state index in [0.717, 1.165) is 24.3 Å². The zero-order chi connectivity index (χ0) is 24.2. The van der Waals surface area contributed by atoms with Crippen LogP contribution in [0.3, 0.4) is 0 Å². The van der Waals surface area contributed by atoms with Gasteiger partial charge >= 0.3 is 0 Å². The summed E-state index contributed by atoms with van der Waals surface area (Å²) in [6.45, 7) is -0.581. The number of halogens is 1. The molecule has 1 aromatic heterocycles. The Morgan fingerprint density at radius 3 is 2.27 bits per heavy atom. The number of amides is 1. The number of carbonyl (C=O) groups is 1. The van der Waals surface area contributed by atoms with Gasteiger partial charge < -0.3 is 19.5 Å². The van der Waals surface area contributed by atoms with Crippen LogP contribution in [0.25, 0.3) is 0 Å². The summed E-state index contributed by atoms with van der Waals surface area (Å²) in [5.74, 6) is -0.490. The molecule has 1 N–H and O–H groups in total. The second-order valence-electron chi connectivity index (χ2n) is 6.59. The predicted molar refractivity (Wildman–Crippen MR) is 115 cm³/mol. The van der Waals surface area contributed by atoms with E-state index < -0.39 is 38.7 Å². The van der Waals surface area contributed by atoms with Gasteiger partial charge in [-0.1, -0.05) is 6.07 Å². The Kier molecular flexibility index (Phi) is 6.97. The van der Waals surface area contributed by atoms with Crippen molar-refractivity contribution in [2.24, 2.45) is 0 Å². The number of nitrogens with one attached hydrogen (secondary N) is 1. The minimum Gasteiger partial charge on any atom is -0.493 e. The van der Waals surface area contributed by atoms with E-state index >= 15 is 0 Å². The van der Waals surface area contributed by atoms with Crippen LogP contribution >= 0.6 is 0 Å².